The molecule has 1 aromatic rings. The van der Waals surface area contributed by atoms with Crippen molar-refractivity contribution < 1.29 is 28.6 Å². The van der Waals surface area contributed by atoms with Crippen LogP contribution in [-0.2, 0) is 30.4 Å². The number of ether oxygens (including phenoxy) is 3. The van der Waals surface area contributed by atoms with E-state index < -0.39 is 35.8 Å². The molecule has 0 spiro atoms. The summed E-state index contributed by atoms with van der Waals surface area (Å²) < 4.78 is 15.8. The zero-order chi connectivity index (χ0) is 22.2. The van der Waals surface area contributed by atoms with Crippen molar-refractivity contribution in [2.24, 2.45) is 5.92 Å². The van der Waals surface area contributed by atoms with Crippen LogP contribution in [0.3, 0.4) is 0 Å². The molecular formula is C22H33NO6. The zero-order valence-electron chi connectivity index (χ0n) is 18.4. The highest BCUT2D eigenvalue weighted by Gasteiger charge is 2.34. The number of nitrogens with zero attached hydrogens (tertiary/aromatic N) is 1. The molecule has 29 heavy (non-hydrogen) atoms. The Bertz CT molecular complexity index is 680. The first-order chi connectivity index (χ1) is 13.4. The Morgan fingerprint density at radius 3 is 2.10 bits per heavy atom. The third-order valence-corrected chi connectivity index (χ3v) is 3.96. The summed E-state index contributed by atoms with van der Waals surface area (Å²) >= 11 is 0. The third kappa shape index (κ3) is 8.98. The number of carbonyl (C=O) groups excluding carboxylic acids is 3. The first-order valence-electron chi connectivity index (χ1n) is 9.77. The van der Waals surface area contributed by atoms with Gasteiger partial charge in [0.05, 0.1) is 0 Å². The standard InChI is InChI=1S/C22H33NO6/c1-15(2)13-18(23(7)21(26)29-22(4,5)6)20(25)28-16(3)19(24)27-14-17-11-9-8-10-12-17/h8-12,15-16,18H,13-14H2,1-7H3/t16-,18-/m0/s1. The van der Waals surface area contributed by atoms with Crippen LogP contribution in [0.1, 0.15) is 53.5 Å². The Hall–Kier alpha value is -2.57. The van der Waals surface area contributed by atoms with Crippen molar-refractivity contribution in [1.82, 2.24) is 4.90 Å². The molecule has 0 N–H and O–H groups in total. The molecule has 0 saturated carbocycles. The summed E-state index contributed by atoms with van der Waals surface area (Å²) in [4.78, 5) is 38.5. The predicted molar refractivity (Wildman–Crippen MR) is 109 cm³/mol. The Morgan fingerprint density at radius 1 is 1.00 bits per heavy atom. The molecule has 0 aliphatic carbocycles. The lowest BCUT2D eigenvalue weighted by molar-refractivity contribution is -0.170. The normalized spacial score (nSPS) is 13.4. The van der Waals surface area contributed by atoms with E-state index in [0.717, 1.165) is 5.56 Å². The van der Waals surface area contributed by atoms with E-state index in [1.54, 1.807) is 20.8 Å². The first-order valence-corrected chi connectivity index (χ1v) is 9.77. The Kier molecular flexibility index (Phi) is 9.14. The minimum absolute atomic E-state index is 0.0921. The summed E-state index contributed by atoms with van der Waals surface area (Å²) in [6.45, 7) is 10.7. The number of hydrogen-bond acceptors (Lipinski definition) is 6. The Morgan fingerprint density at radius 2 is 1.59 bits per heavy atom. The maximum Gasteiger partial charge on any atom is 0.410 e. The van der Waals surface area contributed by atoms with E-state index in [1.807, 2.05) is 44.2 Å². The van der Waals surface area contributed by atoms with Crippen LogP contribution >= 0.6 is 0 Å². The molecule has 7 heteroatoms. The van der Waals surface area contributed by atoms with Crippen LogP contribution < -0.4 is 0 Å². The topological polar surface area (TPSA) is 82.1 Å². The van der Waals surface area contributed by atoms with Crippen molar-refractivity contribution in [1.29, 1.82) is 0 Å². The van der Waals surface area contributed by atoms with Gasteiger partial charge in [0.25, 0.3) is 0 Å². The van der Waals surface area contributed by atoms with Crippen LogP contribution in [0.2, 0.25) is 0 Å². The van der Waals surface area contributed by atoms with Crippen molar-refractivity contribution in [3.05, 3.63) is 35.9 Å². The molecule has 0 aromatic heterocycles. The number of likely N-dealkylation sites (N-methyl/N-ethyl adjacent to an activating group) is 1. The number of benzene rings is 1. The lowest BCUT2D eigenvalue weighted by Crippen LogP contribution is -2.47. The van der Waals surface area contributed by atoms with Crippen molar-refractivity contribution >= 4 is 18.0 Å². The molecule has 0 saturated heterocycles. The molecule has 7 nitrogen and oxygen atoms in total. The van der Waals surface area contributed by atoms with Gasteiger partial charge in [0, 0.05) is 7.05 Å². The smallest absolute Gasteiger partial charge is 0.410 e. The largest absolute Gasteiger partial charge is 0.458 e. The lowest BCUT2D eigenvalue weighted by atomic mass is 10.0. The molecule has 162 valence electrons. The summed E-state index contributed by atoms with van der Waals surface area (Å²) in [5.41, 5.74) is 0.147. The van der Waals surface area contributed by atoms with Crippen molar-refractivity contribution in [2.45, 2.75) is 72.3 Å². The molecule has 2 atom stereocenters. The van der Waals surface area contributed by atoms with Gasteiger partial charge in [-0.05, 0) is 45.6 Å². The second kappa shape index (κ2) is 10.8. The van der Waals surface area contributed by atoms with Crippen LogP contribution in [0.25, 0.3) is 0 Å². The average Bonchev–Trinajstić information content (AvgIpc) is 2.62. The number of amides is 1. The minimum atomic E-state index is -1.09. The number of esters is 2. The van der Waals surface area contributed by atoms with Gasteiger partial charge in [-0.1, -0.05) is 44.2 Å². The highest BCUT2D eigenvalue weighted by molar-refractivity contribution is 5.84. The van der Waals surface area contributed by atoms with E-state index in [4.69, 9.17) is 14.2 Å². The molecule has 0 radical (unpaired) electrons. The van der Waals surface area contributed by atoms with Crippen molar-refractivity contribution in [2.75, 3.05) is 7.05 Å². The summed E-state index contributed by atoms with van der Waals surface area (Å²) in [6.07, 6.45) is -1.34. The summed E-state index contributed by atoms with van der Waals surface area (Å²) in [5.74, 6) is -1.19. The molecule has 0 heterocycles. The quantitative estimate of drug-likeness (QED) is 0.479. The fourth-order valence-corrected chi connectivity index (χ4v) is 2.47. The maximum atomic E-state index is 12.7. The molecule has 1 rings (SSSR count). The van der Waals surface area contributed by atoms with Crippen LogP contribution in [0.5, 0.6) is 0 Å². The SMILES string of the molecule is CC(C)C[C@@H](C(=O)O[C@@H](C)C(=O)OCc1ccccc1)N(C)C(=O)OC(C)(C)C. The van der Waals surface area contributed by atoms with Crippen LogP contribution in [0, 0.1) is 5.92 Å². The van der Waals surface area contributed by atoms with E-state index in [9.17, 15) is 14.4 Å². The number of carbonyl (C=O) groups is 3. The average molecular weight is 408 g/mol. The molecule has 0 unspecified atom stereocenters. The molecule has 0 aliphatic heterocycles. The van der Waals surface area contributed by atoms with Gasteiger partial charge in [-0.2, -0.15) is 0 Å². The van der Waals surface area contributed by atoms with Gasteiger partial charge in [-0.25, -0.2) is 14.4 Å². The second-order valence-electron chi connectivity index (χ2n) is 8.41. The van der Waals surface area contributed by atoms with E-state index in [0.29, 0.717) is 6.42 Å². The van der Waals surface area contributed by atoms with E-state index in [-0.39, 0.29) is 12.5 Å². The zero-order valence-corrected chi connectivity index (χ0v) is 18.4. The van der Waals surface area contributed by atoms with Crippen LogP contribution in [0.15, 0.2) is 30.3 Å². The van der Waals surface area contributed by atoms with Gasteiger partial charge in [0.15, 0.2) is 6.10 Å². The predicted octanol–water partition coefficient (Wildman–Crippen LogP) is 3.94. The molecular weight excluding hydrogens is 374 g/mol. The van der Waals surface area contributed by atoms with Crippen LogP contribution in [0.4, 0.5) is 4.79 Å². The van der Waals surface area contributed by atoms with Gasteiger partial charge in [-0.15, -0.1) is 0 Å². The highest BCUT2D eigenvalue weighted by Crippen LogP contribution is 2.17. The Labute approximate surface area is 173 Å². The van der Waals surface area contributed by atoms with Gasteiger partial charge in [-0.3, -0.25) is 4.90 Å². The van der Waals surface area contributed by atoms with E-state index in [1.165, 1.54) is 18.9 Å². The van der Waals surface area contributed by atoms with Crippen molar-refractivity contribution in [3.63, 3.8) is 0 Å². The fourth-order valence-electron chi connectivity index (χ4n) is 2.47. The number of hydrogen-bond donors (Lipinski definition) is 0. The lowest BCUT2D eigenvalue weighted by Gasteiger charge is -2.30. The molecule has 1 aromatic carbocycles. The molecule has 0 aliphatic rings. The summed E-state index contributed by atoms with van der Waals surface area (Å²) in [7, 11) is 1.49. The van der Waals surface area contributed by atoms with E-state index >= 15 is 0 Å². The molecule has 1 amide bonds. The van der Waals surface area contributed by atoms with Gasteiger partial charge < -0.3 is 14.2 Å². The van der Waals surface area contributed by atoms with Gasteiger partial charge >= 0.3 is 18.0 Å². The third-order valence-electron chi connectivity index (χ3n) is 3.96. The number of rotatable bonds is 8. The van der Waals surface area contributed by atoms with E-state index in [2.05, 4.69) is 0 Å². The van der Waals surface area contributed by atoms with Gasteiger partial charge in [0.1, 0.15) is 18.2 Å². The monoisotopic (exact) mass is 407 g/mol. The summed E-state index contributed by atoms with van der Waals surface area (Å²) in [5, 5.41) is 0. The summed E-state index contributed by atoms with van der Waals surface area (Å²) in [6, 6.07) is 8.35. The van der Waals surface area contributed by atoms with Crippen molar-refractivity contribution in [3.8, 4) is 0 Å². The highest BCUT2D eigenvalue weighted by atomic mass is 16.6. The minimum Gasteiger partial charge on any atom is -0.458 e. The maximum absolute atomic E-state index is 12.7. The second-order valence-corrected chi connectivity index (χ2v) is 8.41. The Balaban J connectivity index is 2.72. The molecule has 0 bridgehead atoms. The fraction of sp³-hybridized carbons (Fsp3) is 0.591. The molecule has 0 fully saturated rings. The van der Waals surface area contributed by atoms with Gasteiger partial charge in [0.2, 0.25) is 0 Å². The van der Waals surface area contributed by atoms with Crippen LogP contribution in [-0.4, -0.2) is 47.7 Å². The first kappa shape index (κ1) is 24.5.